The minimum atomic E-state index is -0.678. The number of carbonyl (C=O) groups is 3. The van der Waals surface area contributed by atoms with Crippen molar-refractivity contribution in [2.24, 2.45) is 0 Å². The highest BCUT2D eigenvalue weighted by Gasteiger charge is 2.37. The minimum absolute atomic E-state index is 0.0820. The van der Waals surface area contributed by atoms with Crippen LogP contribution in [0.4, 0.5) is 10.5 Å². The molecule has 0 radical (unpaired) electrons. The zero-order valence-corrected chi connectivity index (χ0v) is 16.4. The zero-order valence-electron chi connectivity index (χ0n) is 15.5. The van der Waals surface area contributed by atoms with Gasteiger partial charge in [0.25, 0.3) is 16.8 Å². The molecule has 10 heteroatoms. The molecule has 2 amide bonds. The van der Waals surface area contributed by atoms with E-state index in [-0.39, 0.29) is 28.7 Å². The van der Waals surface area contributed by atoms with Gasteiger partial charge in [0.1, 0.15) is 18.1 Å². The molecule has 0 N–H and O–H groups in total. The van der Waals surface area contributed by atoms with E-state index in [2.05, 4.69) is 0 Å². The number of benzene rings is 1. The van der Waals surface area contributed by atoms with Gasteiger partial charge < -0.3 is 9.15 Å². The van der Waals surface area contributed by atoms with E-state index >= 15 is 0 Å². The molecule has 0 atom stereocenters. The number of rotatable bonds is 6. The molecule has 0 unspecified atom stereocenters. The predicted octanol–water partition coefficient (Wildman–Crippen LogP) is 3.76. The Labute approximate surface area is 169 Å². The second-order valence-corrected chi connectivity index (χ2v) is 7.05. The highest BCUT2D eigenvalue weighted by molar-refractivity contribution is 8.18. The van der Waals surface area contributed by atoms with Crippen LogP contribution in [0.15, 0.2) is 39.7 Å². The molecule has 2 heterocycles. The smallest absolute Gasteiger partial charge is 0.326 e. The molecule has 1 aliphatic heterocycles. The summed E-state index contributed by atoms with van der Waals surface area (Å²) in [6.07, 6.45) is 1.36. The van der Waals surface area contributed by atoms with E-state index < -0.39 is 28.6 Å². The standard InChI is InChI=1S/C19H16N2O7S/c1-3-27-17(22)10-20-18(23)16(29-19(20)24)9-12-5-7-15(28-12)13-6-4-11(2)8-14(13)21(25)26/h4-9H,3,10H2,1-2H3/b16-9+. The van der Waals surface area contributed by atoms with Crippen LogP contribution in [0.25, 0.3) is 17.4 Å². The van der Waals surface area contributed by atoms with Gasteiger partial charge in [-0.15, -0.1) is 0 Å². The number of carbonyl (C=O) groups excluding carboxylic acids is 3. The van der Waals surface area contributed by atoms with Gasteiger partial charge in [0, 0.05) is 12.1 Å². The maximum Gasteiger partial charge on any atom is 0.326 e. The maximum absolute atomic E-state index is 12.4. The van der Waals surface area contributed by atoms with Crippen molar-refractivity contribution in [3.05, 3.63) is 56.7 Å². The number of nitro groups is 1. The lowest BCUT2D eigenvalue weighted by atomic mass is 10.1. The third-order valence-electron chi connectivity index (χ3n) is 3.98. The van der Waals surface area contributed by atoms with Gasteiger partial charge in [0.2, 0.25) is 0 Å². The van der Waals surface area contributed by atoms with Gasteiger partial charge in [-0.1, -0.05) is 6.07 Å². The maximum atomic E-state index is 12.4. The van der Waals surface area contributed by atoms with Crippen LogP contribution in [0.1, 0.15) is 18.2 Å². The van der Waals surface area contributed by atoms with Gasteiger partial charge in [-0.3, -0.25) is 29.4 Å². The third kappa shape index (κ3) is 4.37. The number of ether oxygens (including phenoxy) is 1. The summed E-state index contributed by atoms with van der Waals surface area (Å²) in [7, 11) is 0. The Kier molecular flexibility index (Phi) is 5.83. The highest BCUT2D eigenvalue weighted by atomic mass is 32.2. The van der Waals surface area contributed by atoms with Crippen molar-refractivity contribution >= 4 is 40.6 Å². The number of nitrogens with zero attached hydrogens (tertiary/aromatic N) is 2. The molecular weight excluding hydrogens is 400 g/mol. The summed E-state index contributed by atoms with van der Waals surface area (Å²) < 4.78 is 10.4. The Bertz CT molecular complexity index is 1040. The molecule has 0 spiro atoms. The Hall–Kier alpha value is -3.40. The van der Waals surface area contributed by atoms with Crippen LogP contribution < -0.4 is 0 Å². The molecule has 1 aliphatic rings. The van der Waals surface area contributed by atoms with Crippen molar-refractivity contribution in [1.29, 1.82) is 0 Å². The molecule has 29 heavy (non-hydrogen) atoms. The van der Waals surface area contributed by atoms with Crippen LogP contribution >= 0.6 is 11.8 Å². The first-order valence-corrected chi connectivity index (χ1v) is 9.38. The quantitative estimate of drug-likeness (QED) is 0.302. The van der Waals surface area contributed by atoms with Crippen molar-refractivity contribution in [3.8, 4) is 11.3 Å². The van der Waals surface area contributed by atoms with Crippen LogP contribution in [0.2, 0.25) is 0 Å². The lowest BCUT2D eigenvalue weighted by Gasteiger charge is -2.10. The number of nitro benzene ring substituents is 1. The van der Waals surface area contributed by atoms with Crippen LogP contribution in [-0.2, 0) is 14.3 Å². The van der Waals surface area contributed by atoms with Gasteiger partial charge in [-0.25, -0.2) is 0 Å². The Morgan fingerprint density at radius 2 is 2.07 bits per heavy atom. The summed E-state index contributed by atoms with van der Waals surface area (Å²) in [6.45, 7) is 3.05. The number of hydrogen-bond acceptors (Lipinski definition) is 8. The molecule has 1 fully saturated rings. The summed E-state index contributed by atoms with van der Waals surface area (Å²) in [4.78, 5) is 47.7. The molecule has 1 saturated heterocycles. The summed E-state index contributed by atoms with van der Waals surface area (Å²) >= 11 is 0.674. The van der Waals surface area contributed by atoms with Gasteiger partial charge in [0.05, 0.1) is 22.0 Å². The van der Waals surface area contributed by atoms with Crippen LogP contribution in [0.3, 0.4) is 0 Å². The largest absolute Gasteiger partial charge is 0.465 e. The second kappa shape index (κ2) is 8.31. The topological polar surface area (TPSA) is 120 Å². The van der Waals surface area contributed by atoms with Crippen molar-refractivity contribution in [2.45, 2.75) is 13.8 Å². The summed E-state index contributed by atoms with van der Waals surface area (Å²) in [5.41, 5.74) is 0.943. The number of furan rings is 1. The van der Waals surface area contributed by atoms with E-state index in [4.69, 9.17) is 9.15 Å². The fraction of sp³-hybridized carbons (Fsp3) is 0.211. The fourth-order valence-corrected chi connectivity index (χ4v) is 3.50. The summed E-state index contributed by atoms with van der Waals surface area (Å²) in [6, 6.07) is 7.84. The van der Waals surface area contributed by atoms with Crippen molar-refractivity contribution < 1.29 is 28.5 Å². The monoisotopic (exact) mass is 416 g/mol. The molecule has 9 nitrogen and oxygen atoms in total. The molecule has 150 valence electrons. The molecule has 2 aromatic rings. The van der Waals surface area contributed by atoms with E-state index in [1.54, 1.807) is 32.0 Å². The molecule has 0 saturated carbocycles. The summed E-state index contributed by atoms with van der Waals surface area (Å²) in [5, 5.41) is 10.7. The first-order valence-electron chi connectivity index (χ1n) is 8.56. The van der Waals surface area contributed by atoms with Gasteiger partial charge in [-0.2, -0.15) is 0 Å². The van der Waals surface area contributed by atoms with Crippen LogP contribution in [0.5, 0.6) is 0 Å². The lowest BCUT2D eigenvalue weighted by molar-refractivity contribution is -0.384. The average Bonchev–Trinajstić information content (AvgIpc) is 3.22. The Morgan fingerprint density at radius 3 is 2.76 bits per heavy atom. The number of hydrogen-bond donors (Lipinski definition) is 0. The van der Waals surface area contributed by atoms with Crippen LogP contribution in [-0.4, -0.2) is 40.1 Å². The number of amides is 2. The third-order valence-corrected chi connectivity index (χ3v) is 4.89. The molecule has 1 aromatic heterocycles. The normalized spacial score (nSPS) is 15.2. The molecule has 1 aromatic carbocycles. The SMILES string of the molecule is CCOC(=O)CN1C(=O)S/C(=C/c2ccc(-c3ccc(C)cc3[N+](=O)[O-])o2)C1=O. The van der Waals surface area contributed by atoms with E-state index in [9.17, 15) is 24.5 Å². The van der Waals surface area contributed by atoms with Crippen LogP contribution in [0, 0.1) is 17.0 Å². The lowest BCUT2D eigenvalue weighted by Crippen LogP contribution is -2.34. The summed E-state index contributed by atoms with van der Waals surface area (Å²) in [5.74, 6) is -0.805. The van der Waals surface area contributed by atoms with Crippen molar-refractivity contribution in [3.63, 3.8) is 0 Å². The van der Waals surface area contributed by atoms with E-state index in [0.717, 1.165) is 10.5 Å². The number of aryl methyl sites for hydroxylation is 1. The zero-order chi connectivity index (χ0) is 21.1. The van der Waals surface area contributed by atoms with E-state index in [0.29, 0.717) is 17.3 Å². The van der Waals surface area contributed by atoms with Gasteiger partial charge >= 0.3 is 5.97 Å². The van der Waals surface area contributed by atoms with Crippen molar-refractivity contribution in [1.82, 2.24) is 4.90 Å². The molecular formula is C19H16N2O7S. The Morgan fingerprint density at radius 1 is 1.31 bits per heavy atom. The fourth-order valence-electron chi connectivity index (χ4n) is 2.68. The Balaban J connectivity index is 1.84. The number of thioether (sulfide) groups is 1. The van der Waals surface area contributed by atoms with Gasteiger partial charge in [-0.05, 0) is 49.4 Å². The molecule has 0 aliphatic carbocycles. The molecule has 3 rings (SSSR count). The van der Waals surface area contributed by atoms with E-state index in [1.165, 1.54) is 18.2 Å². The first kappa shape index (κ1) is 20.3. The average molecular weight is 416 g/mol. The van der Waals surface area contributed by atoms with Crippen molar-refractivity contribution in [2.75, 3.05) is 13.2 Å². The predicted molar refractivity (Wildman–Crippen MR) is 105 cm³/mol. The number of esters is 1. The van der Waals surface area contributed by atoms with Gasteiger partial charge in [0.15, 0.2) is 0 Å². The number of imide groups is 1. The first-order chi connectivity index (χ1) is 13.8. The molecule has 0 bridgehead atoms. The second-order valence-electron chi connectivity index (χ2n) is 6.05. The van der Waals surface area contributed by atoms with E-state index in [1.807, 2.05) is 0 Å². The highest BCUT2D eigenvalue weighted by Crippen LogP contribution is 2.35. The minimum Gasteiger partial charge on any atom is -0.465 e.